The van der Waals surface area contributed by atoms with E-state index in [-0.39, 0.29) is 5.91 Å². The molecule has 24 heavy (non-hydrogen) atoms. The minimum Gasteiger partial charge on any atom is -0.463 e. The Morgan fingerprint density at radius 1 is 1.12 bits per heavy atom. The molecular weight excluding hydrogens is 300 g/mol. The van der Waals surface area contributed by atoms with Crippen LogP contribution in [0.3, 0.4) is 0 Å². The van der Waals surface area contributed by atoms with Gasteiger partial charge >= 0.3 is 0 Å². The number of amides is 1. The Bertz CT molecular complexity index is 898. The lowest BCUT2D eigenvalue weighted by Crippen LogP contribution is -2.29. The molecule has 1 fully saturated rings. The predicted molar refractivity (Wildman–Crippen MR) is 94.4 cm³/mol. The molecular formula is C20H22N2O2. The van der Waals surface area contributed by atoms with Crippen LogP contribution in [0.4, 0.5) is 0 Å². The van der Waals surface area contributed by atoms with Crippen LogP contribution in [0.5, 0.6) is 0 Å². The van der Waals surface area contributed by atoms with Gasteiger partial charge in [0.15, 0.2) is 5.58 Å². The van der Waals surface area contributed by atoms with Crippen LogP contribution in [-0.2, 0) is 6.54 Å². The molecule has 0 aliphatic carbocycles. The van der Waals surface area contributed by atoms with E-state index in [1.54, 1.807) is 6.26 Å². The van der Waals surface area contributed by atoms with Crippen LogP contribution in [0.25, 0.3) is 11.1 Å². The third kappa shape index (κ3) is 2.52. The number of carbonyl (C=O) groups is 1. The van der Waals surface area contributed by atoms with Gasteiger partial charge in [0.2, 0.25) is 0 Å². The average molecular weight is 322 g/mol. The number of hydrogen-bond acceptors (Lipinski definition) is 2. The zero-order valence-corrected chi connectivity index (χ0v) is 14.2. The molecule has 1 aliphatic rings. The Balaban J connectivity index is 1.78. The Labute approximate surface area is 141 Å². The summed E-state index contributed by atoms with van der Waals surface area (Å²) >= 11 is 0. The number of likely N-dealkylation sites (tertiary alicyclic amines) is 1. The van der Waals surface area contributed by atoms with Crippen molar-refractivity contribution in [3.63, 3.8) is 0 Å². The second-order valence-corrected chi connectivity index (χ2v) is 6.72. The van der Waals surface area contributed by atoms with Crippen molar-refractivity contribution in [3.8, 4) is 0 Å². The molecule has 0 atom stereocenters. The summed E-state index contributed by atoms with van der Waals surface area (Å²) in [6.07, 6.45) is 3.88. The van der Waals surface area contributed by atoms with Crippen molar-refractivity contribution < 1.29 is 9.21 Å². The summed E-state index contributed by atoms with van der Waals surface area (Å²) in [6, 6.07) is 10.3. The number of aromatic nitrogens is 1. The number of hydrogen-bond donors (Lipinski definition) is 0. The fraction of sp³-hybridized carbons (Fsp3) is 0.350. The molecule has 4 rings (SSSR count). The fourth-order valence-corrected chi connectivity index (χ4v) is 3.55. The molecule has 1 aromatic carbocycles. The van der Waals surface area contributed by atoms with E-state index in [4.69, 9.17) is 4.42 Å². The molecule has 0 spiro atoms. The van der Waals surface area contributed by atoms with Crippen LogP contribution in [0.2, 0.25) is 0 Å². The van der Waals surface area contributed by atoms with Crippen LogP contribution in [0, 0.1) is 13.8 Å². The van der Waals surface area contributed by atoms with Crippen LogP contribution in [0.1, 0.15) is 40.0 Å². The van der Waals surface area contributed by atoms with Gasteiger partial charge in [0.1, 0.15) is 5.69 Å². The van der Waals surface area contributed by atoms with Gasteiger partial charge in [-0.05, 0) is 37.8 Å². The minimum absolute atomic E-state index is 0.115. The molecule has 0 unspecified atom stereocenters. The van der Waals surface area contributed by atoms with Gasteiger partial charge in [-0.25, -0.2) is 0 Å². The lowest BCUT2D eigenvalue weighted by atomic mass is 10.1. The smallest absolute Gasteiger partial charge is 0.270 e. The number of fused-ring (bicyclic) bond motifs is 1. The Morgan fingerprint density at radius 2 is 1.92 bits per heavy atom. The van der Waals surface area contributed by atoms with E-state index in [0.717, 1.165) is 42.7 Å². The van der Waals surface area contributed by atoms with Crippen molar-refractivity contribution in [2.75, 3.05) is 13.1 Å². The Morgan fingerprint density at radius 3 is 2.71 bits per heavy atom. The second-order valence-electron chi connectivity index (χ2n) is 6.72. The first-order valence-corrected chi connectivity index (χ1v) is 8.55. The fourth-order valence-electron chi connectivity index (χ4n) is 3.55. The highest BCUT2D eigenvalue weighted by atomic mass is 16.3. The molecule has 4 heteroatoms. The Hall–Kier alpha value is -2.49. The molecule has 2 aromatic heterocycles. The van der Waals surface area contributed by atoms with Crippen molar-refractivity contribution in [3.05, 3.63) is 59.0 Å². The normalized spacial score (nSPS) is 14.7. The van der Waals surface area contributed by atoms with Gasteiger partial charge in [0.25, 0.3) is 5.91 Å². The van der Waals surface area contributed by atoms with Gasteiger partial charge in [0, 0.05) is 31.8 Å². The quantitative estimate of drug-likeness (QED) is 0.727. The van der Waals surface area contributed by atoms with Crippen molar-refractivity contribution in [2.45, 2.75) is 33.2 Å². The standard InChI is InChI=1S/C20H22N2O2/c1-14-5-6-15(2)16(11-14)13-22-17-7-10-24-19(17)12-18(22)20(23)21-8-3-4-9-21/h5-7,10-12H,3-4,8-9,13H2,1-2H3. The van der Waals surface area contributed by atoms with Crippen LogP contribution in [-0.4, -0.2) is 28.5 Å². The summed E-state index contributed by atoms with van der Waals surface area (Å²) in [4.78, 5) is 14.9. The highest BCUT2D eigenvalue weighted by Crippen LogP contribution is 2.25. The maximum atomic E-state index is 12.9. The highest BCUT2D eigenvalue weighted by Gasteiger charge is 2.24. The molecule has 3 heterocycles. The molecule has 0 N–H and O–H groups in total. The second kappa shape index (κ2) is 5.86. The van der Waals surface area contributed by atoms with Crippen molar-refractivity contribution in [1.82, 2.24) is 9.47 Å². The number of carbonyl (C=O) groups excluding carboxylic acids is 1. The molecule has 0 bridgehead atoms. The van der Waals surface area contributed by atoms with Gasteiger partial charge in [-0.1, -0.05) is 23.8 Å². The zero-order chi connectivity index (χ0) is 16.7. The lowest BCUT2D eigenvalue weighted by Gasteiger charge is -2.18. The van der Waals surface area contributed by atoms with Gasteiger partial charge in [-0.3, -0.25) is 4.79 Å². The van der Waals surface area contributed by atoms with Crippen molar-refractivity contribution in [1.29, 1.82) is 0 Å². The average Bonchev–Trinajstić information content (AvgIpc) is 3.28. The highest BCUT2D eigenvalue weighted by molar-refractivity contribution is 5.97. The number of furan rings is 1. The van der Waals surface area contributed by atoms with Gasteiger partial charge in [0.05, 0.1) is 11.8 Å². The maximum absolute atomic E-state index is 12.9. The van der Waals surface area contributed by atoms with Gasteiger partial charge in [-0.2, -0.15) is 0 Å². The van der Waals surface area contributed by atoms with E-state index in [9.17, 15) is 4.79 Å². The molecule has 1 saturated heterocycles. The largest absolute Gasteiger partial charge is 0.463 e. The lowest BCUT2D eigenvalue weighted by molar-refractivity contribution is 0.0783. The molecule has 1 aliphatic heterocycles. The summed E-state index contributed by atoms with van der Waals surface area (Å²) in [5.74, 6) is 0.115. The van der Waals surface area contributed by atoms with E-state index in [0.29, 0.717) is 6.54 Å². The summed E-state index contributed by atoms with van der Waals surface area (Å²) in [7, 11) is 0. The third-order valence-corrected chi connectivity index (χ3v) is 4.97. The first-order valence-electron chi connectivity index (χ1n) is 8.55. The summed E-state index contributed by atoms with van der Waals surface area (Å²) in [5, 5.41) is 0. The monoisotopic (exact) mass is 322 g/mol. The first kappa shape index (κ1) is 15.1. The minimum atomic E-state index is 0.115. The molecule has 1 amide bonds. The van der Waals surface area contributed by atoms with Gasteiger partial charge < -0.3 is 13.9 Å². The number of rotatable bonds is 3. The molecule has 0 saturated carbocycles. The zero-order valence-electron chi connectivity index (χ0n) is 14.2. The summed E-state index contributed by atoms with van der Waals surface area (Å²) < 4.78 is 7.65. The maximum Gasteiger partial charge on any atom is 0.270 e. The first-order chi connectivity index (χ1) is 11.6. The van der Waals surface area contributed by atoms with E-state index < -0.39 is 0 Å². The SMILES string of the molecule is Cc1ccc(C)c(Cn2c(C(=O)N3CCCC3)cc3occc32)c1. The van der Waals surface area contributed by atoms with E-state index in [1.165, 1.54) is 16.7 Å². The number of aryl methyl sites for hydroxylation is 2. The predicted octanol–water partition coefficient (Wildman–Crippen LogP) is 4.14. The van der Waals surface area contributed by atoms with Crippen molar-refractivity contribution in [2.24, 2.45) is 0 Å². The van der Waals surface area contributed by atoms with Crippen LogP contribution >= 0.6 is 0 Å². The number of benzene rings is 1. The summed E-state index contributed by atoms with van der Waals surface area (Å²) in [6.45, 7) is 6.62. The topological polar surface area (TPSA) is 38.4 Å². The molecule has 124 valence electrons. The Kier molecular flexibility index (Phi) is 3.68. The van der Waals surface area contributed by atoms with E-state index in [1.807, 2.05) is 17.0 Å². The molecule has 0 radical (unpaired) electrons. The summed E-state index contributed by atoms with van der Waals surface area (Å²) in [5.41, 5.74) is 6.21. The third-order valence-electron chi connectivity index (χ3n) is 4.97. The number of nitrogens with zero attached hydrogens (tertiary/aromatic N) is 2. The van der Waals surface area contributed by atoms with Crippen LogP contribution in [0.15, 0.2) is 41.0 Å². The van der Waals surface area contributed by atoms with E-state index >= 15 is 0 Å². The van der Waals surface area contributed by atoms with Crippen molar-refractivity contribution >= 4 is 17.0 Å². The van der Waals surface area contributed by atoms with Crippen LogP contribution < -0.4 is 0 Å². The van der Waals surface area contributed by atoms with Gasteiger partial charge in [-0.15, -0.1) is 0 Å². The molecule has 3 aromatic rings. The molecule has 4 nitrogen and oxygen atoms in total. The van der Waals surface area contributed by atoms with E-state index in [2.05, 4.69) is 36.6 Å².